The molecule has 0 spiro atoms. The Kier molecular flexibility index (Phi) is 9.40. The van der Waals surface area contributed by atoms with Crippen molar-refractivity contribution in [3.63, 3.8) is 0 Å². The highest BCUT2D eigenvalue weighted by Crippen LogP contribution is 2.29. The van der Waals surface area contributed by atoms with E-state index in [9.17, 15) is 9.90 Å². The van der Waals surface area contributed by atoms with E-state index >= 15 is 0 Å². The predicted molar refractivity (Wildman–Crippen MR) is 168 cm³/mol. The van der Waals surface area contributed by atoms with Crippen LogP contribution in [0.2, 0.25) is 0 Å². The Morgan fingerprint density at radius 1 is 0.814 bits per heavy atom. The van der Waals surface area contributed by atoms with Crippen LogP contribution in [-0.2, 0) is 22.4 Å². The lowest BCUT2D eigenvalue weighted by Crippen LogP contribution is -2.23. The average molecular weight is 578 g/mol. The molecule has 0 aliphatic carbocycles. The molecule has 2 aromatic heterocycles. The molecule has 0 radical (unpaired) electrons. The number of ether oxygens (including phenoxy) is 2. The Bertz CT molecular complexity index is 1660. The van der Waals surface area contributed by atoms with E-state index < -0.39 is 5.60 Å². The van der Waals surface area contributed by atoms with Gasteiger partial charge in [-0.05, 0) is 63.3 Å². The highest BCUT2D eigenvalue weighted by molar-refractivity contribution is 5.69. The molecule has 7 heteroatoms. The third-order valence-corrected chi connectivity index (χ3v) is 6.99. The van der Waals surface area contributed by atoms with Crippen LogP contribution in [0.3, 0.4) is 0 Å². The normalized spacial score (nSPS) is 11.5. The number of imidazole rings is 1. The van der Waals surface area contributed by atoms with Crippen molar-refractivity contribution in [1.82, 2.24) is 14.4 Å². The average Bonchev–Trinajstić information content (AvgIpc) is 3.30. The topological polar surface area (TPSA) is 86.0 Å². The second-order valence-electron chi connectivity index (χ2n) is 11.7. The second-order valence-corrected chi connectivity index (χ2v) is 11.7. The van der Waals surface area contributed by atoms with Crippen molar-refractivity contribution < 1.29 is 19.4 Å². The summed E-state index contributed by atoms with van der Waals surface area (Å²) in [4.78, 5) is 21.7. The molecule has 2 heterocycles. The first kappa shape index (κ1) is 29.8. The summed E-state index contributed by atoms with van der Waals surface area (Å²) < 4.78 is 13.1. The molecule has 0 amide bonds. The Balaban J connectivity index is 1.28. The van der Waals surface area contributed by atoms with Crippen molar-refractivity contribution in [3.05, 3.63) is 114 Å². The summed E-state index contributed by atoms with van der Waals surface area (Å²) in [7, 11) is 0. The van der Waals surface area contributed by atoms with Crippen LogP contribution >= 0.6 is 0 Å². The Morgan fingerprint density at radius 3 is 2.26 bits per heavy atom. The SMILES string of the molecule is CC(C)(C)OC(=O)CCCCCOc1cccc(Cc2nc3c(Cc4ccccc4)nc(-c4ccccc4)cn3c2O)c1. The number of aromatic nitrogens is 3. The molecule has 0 saturated heterocycles. The van der Waals surface area contributed by atoms with Gasteiger partial charge in [-0.3, -0.25) is 9.20 Å². The van der Waals surface area contributed by atoms with Crippen LogP contribution in [0.15, 0.2) is 91.1 Å². The van der Waals surface area contributed by atoms with E-state index in [1.165, 1.54) is 0 Å². The lowest BCUT2D eigenvalue weighted by atomic mass is 10.1. The van der Waals surface area contributed by atoms with Crippen molar-refractivity contribution in [2.75, 3.05) is 6.61 Å². The third kappa shape index (κ3) is 8.22. The molecular weight excluding hydrogens is 538 g/mol. The van der Waals surface area contributed by atoms with Crippen molar-refractivity contribution in [3.8, 4) is 22.9 Å². The van der Waals surface area contributed by atoms with Gasteiger partial charge in [-0.15, -0.1) is 0 Å². The minimum Gasteiger partial charge on any atom is -0.494 e. The summed E-state index contributed by atoms with van der Waals surface area (Å²) in [6.07, 6.45) is 5.84. The smallest absolute Gasteiger partial charge is 0.306 e. The molecule has 43 heavy (non-hydrogen) atoms. The summed E-state index contributed by atoms with van der Waals surface area (Å²) in [5.41, 5.74) is 5.46. The molecule has 0 atom stereocenters. The maximum absolute atomic E-state index is 11.9. The maximum atomic E-state index is 11.9. The number of carbonyl (C=O) groups excluding carboxylic acids is 1. The van der Waals surface area contributed by atoms with Gasteiger partial charge in [0.2, 0.25) is 5.88 Å². The van der Waals surface area contributed by atoms with Crippen LogP contribution in [0.5, 0.6) is 11.6 Å². The number of carbonyl (C=O) groups is 1. The van der Waals surface area contributed by atoms with E-state index in [0.717, 1.165) is 53.1 Å². The van der Waals surface area contributed by atoms with Crippen molar-refractivity contribution >= 4 is 11.6 Å². The van der Waals surface area contributed by atoms with Gasteiger partial charge >= 0.3 is 5.97 Å². The molecule has 0 aliphatic heterocycles. The predicted octanol–water partition coefficient (Wildman–Crippen LogP) is 7.56. The largest absolute Gasteiger partial charge is 0.494 e. The second kappa shape index (κ2) is 13.6. The first-order valence-electron chi connectivity index (χ1n) is 14.9. The van der Waals surface area contributed by atoms with Gasteiger partial charge in [0.05, 0.1) is 18.0 Å². The van der Waals surface area contributed by atoms with Crippen LogP contribution in [0.25, 0.3) is 16.9 Å². The van der Waals surface area contributed by atoms with Crippen LogP contribution in [-0.4, -0.2) is 37.7 Å². The van der Waals surface area contributed by atoms with E-state index in [0.29, 0.717) is 37.2 Å². The molecular formula is C36H39N3O4. The summed E-state index contributed by atoms with van der Waals surface area (Å²) >= 11 is 0. The van der Waals surface area contributed by atoms with E-state index in [4.69, 9.17) is 19.4 Å². The van der Waals surface area contributed by atoms with E-state index in [1.54, 1.807) is 4.40 Å². The maximum Gasteiger partial charge on any atom is 0.306 e. The van der Waals surface area contributed by atoms with Gasteiger partial charge in [-0.25, -0.2) is 9.97 Å². The zero-order valence-corrected chi connectivity index (χ0v) is 25.1. The fourth-order valence-corrected chi connectivity index (χ4v) is 4.99. The molecule has 3 aromatic carbocycles. The Morgan fingerprint density at radius 2 is 1.51 bits per heavy atom. The molecule has 0 aliphatic rings. The molecule has 0 saturated carbocycles. The van der Waals surface area contributed by atoms with Crippen molar-refractivity contribution in [1.29, 1.82) is 0 Å². The first-order chi connectivity index (χ1) is 20.7. The molecule has 0 unspecified atom stereocenters. The molecule has 222 valence electrons. The van der Waals surface area contributed by atoms with Crippen molar-refractivity contribution in [2.24, 2.45) is 0 Å². The van der Waals surface area contributed by atoms with Gasteiger partial charge in [0.1, 0.15) is 17.0 Å². The molecule has 0 bridgehead atoms. The number of nitrogens with zero attached hydrogens (tertiary/aromatic N) is 3. The number of fused-ring (bicyclic) bond motifs is 1. The summed E-state index contributed by atoms with van der Waals surface area (Å²) in [6, 6.07) is 28.0. The quantitative estimate of drug-likeness (QED) is 0.122. The van der Waals surface area contributed by atoms with E-state index in [-0.39, 0.29) is 11.8 Å². The molecule has 5 aromatic rings. The standard InChI is InChI=1S/C36H39N3O4/c1-36(2,3)43-33(40)20-11-6-12-21-42-29-19-13-16-27(22-29)24-31-35(41)39-25-32(28-17-9-5-10-18-28)37-30(34(39)38-31)23-26-14-7-4-8-15-26/h4-5,7-10,13-19,22,25,41H,6,11-12,20-21,23-24H2,1-3H3. The fourth-order valence-electron chi connectivity index (χ4n) is 4.99. The minimum atomic E-state index is -0.447. The van der Waals surface area contributed by atoms with E-state index in [1.807, 2.05) is 99.8 Å². The number of rotatable bonds is 12. The highest BCUT2D eigenvalue weighted by atomic mass is 16.6. The van der Waals surface area contributed by atoms with Gasteiger partial charge < -0.3 is 14.6 Å². The monoisotopic (exact) mass is 577 g/mol. The van der Waals surface area contributed by atoms with Gasteiger partial charge in [-0.1, -0.05) is 72.8 Å². The summed E-state index contributed by atoms with van der Waals surface area (Å²) in [5.74, 6) is 0.724. The van der Waals surface area contributed by atoms with Crippen LogP contribution in [0.4, 0.5) is 0 Å². The Hall–Kier alpha value is -4.65. The number of esters is 1. The zero-order valence-electron chi connectivity index (χ0n) is 25.1. The van der Waals surface area contributed by atoms with Crippen LogP contribution in [0, 0.1) is 0 Å². The summed E-state index contributed by atoms with van der Waals surface area (Å²) in [5, 5.41) is 11.3. The number of hydrogen-bond acceptors (Lipinski definition) is 6. The highest BCUT2D eigenvalue weighted by Gasteiger charge is 2.19. The summed E-state index contributed by atoms with van der Waals surface area (Å²) in [6.45, 7) is 6.20. The van der Waals surface area contributed by atoms with Crippen LogP contribution in [0.1, 0.15) is 69.0 Å². The molecule has 5 rings (SSSR count). The number of unbranched alkanes of at least 4 members (excludes halogenated alkanes) is 2. The lowest BCUT2D eigenvalue weighted by Gasteiger charge is -2.19. The van der Waals surface area contributed by atoms with E-state index in [2.05, 4.69) is 12.1 Å². The van der Waals surface area contributed by atoms with Gasteiger partial charge in [0.25, 0.3) is 0 Å². The minimum absolute atomic E-state index is 0.111. The number of benzene rings is 3. The molecule has 1 N–H and O–H groups in total. The van der Waals surface area contributed by atoms with Crippen LogP contribution < -0.4 is 4.74 Å². The fraction of sp³-hybridized carbons (Fsp3) is 0.306. The molecule has 0 fully saturated rings. The Labute approximate surface area is 253 Å². The number of aromatic hydroxyl groups is 1. The van der Waals surface area contributed by atoms with Gasteiger partial charge in [0, 0.05) is 31.0 Å². The lowest BCUT2D eigenvalue weighted by molar-refractivity contribution is -0.154. The van der Waals surface area contributed by atoms with Crippen molar-refractivity contribution in [2.45, 2.75) is 64.9 Å². The number of hydrogen-bond donors (Lipinski definition) is 1. The van der Waals surface area contributed by atoms with Gasteiger partial charge in [0.15, 0.2) is 5.65 Å². The zero-order chi connectivity index (χ0) is 30.2. The molecule has 7 nitrogen and oxygen atoms in total. The third-order valence-electron chi connectivity index (χ3n) is 6.99. The first-order valence-corrected chi connectivity index (χ1v) is 14.9. The van der Waals surface area contributed by atoms with Gasteiger partial charge in [-0.2, -0.15) is 0 Å².